The van der Waals surface area contributed by atoms with E-state index in [0.29, 0.717) is 33.4 Å². The number of hydrogen-bond donors (Lipinski definition) is 0. The molecule has 15 aromatic carbocycles. The summed E-state index contributed by atoms with van der Waals surface area (Å²) in [6, 6.07) is 10.5. The van der Waals surface area contributed by atoms with E-state index in [-0.39, 0.29) is 45.7 Å². The Labute approximate surface area is 519 Å². The van der Waals surface area contributed by atoms with Crippen LogP contribution in [0, 0.1) is 0 Å². The Bertz CT molecular complexity index is 7090. The van der Waals surface area contributed by atoms with Crippen molar-refractivity contribution >= 4 is 97.7 Å². The number of rotatable bonds is 6. The van der Waals surface area contributed by atoms with E-state index in [2.05, 4.69) is 6.07 Å². The molecule has 17 rings (SSSR count). The Balaban J connectivity index is 0.000000175. The fourth-order valence-electron chi connectivity index (χ4n) is 11.0. The zero-order valence-corrected chi connectivity index (χ0v) is 42.2. The second-order valence-corrected chi connectivity index (χ2v) is 18.9. The highest BCUT2D eigenvalue weighted by molar-refractivity contribution is 6.26. The maximum Gasteiger partial charge on any atom is 0.143 e. The molecule has 0 aliphatic rings. The van der Waals surface area contributed by atoms with E-state index in [4.69, 9.17) is 37.6 Å². The van der Waals surface area contributed by atoms with Crippen LogP contribution in [0.4, 0.5) is 0 Å². The molecule has 17 aromatic rings. The van der Waals surface area contributed by atoms with E-state index in [1.807, 2.05) is 78.9 Å². The van der Waals surface area contributed by atoms with Gasteiger partial charge < -0.3 is 8.83 Å². The van der Waals surface area contributed by atoms with Gasteiger partial charge in [0.25, 0.3) is 0 Å². The van der Waals surface area contributed by atoms with Gasteiger partial charge in [0.1, 0.15) is 22.3 Å². The van der Waals surface area contributed by atoms with E-state index in [0.717, 1.165) is 32.7 Å². The highest BCUT2D eigenvalue weighted by Crippen LogP contribution is 2.49. The molecule has 0 aliphatic carbocycles. The highest BCUT2D eigenvalue weighted by Gasteiger charge is 2.23. The molecule has 0 bridgehead atoms. The molecular formula is C80H50O2. The molecule has 2 nitrogen and oxygen atoms in total. The lowest BCUT2D eigenvalue weighted by Gasteiger charge is -2.18. The smallest absolute Gasteiger partial charge is 0.143 e. The van der Waals surface area contributed by atoms with Crippen molar-refractivity contribution in [3.63, 3.8) is 0 Å². The number of furan rings is 2. The van der Waals surface area contributed by atoms with Gasteiger partial charge in [0.2, 0.25) is 0 Å². The zero-order valence-electron chi connectivity index (χ0n) is 74.2. The predicted octanol–water partition coefficient (Wildman–Crippen LogP) is 22.9. The molecule has 0 spiro atoms. The maximum absolute atomic E-state index is 9.38. The molecule has 0 atom stereocenters. The van der Waals surface area contributed by atoms with Crippen LogP contribution >= 0.6 is 0 Å². The van der Waals surface area contributed by atoms with E-state index in [9.17, 15) is 15.1 Å². The van der Waals surface area contributed by atoms with Gasteiger partial charge in [-0.25, -0.2) is 0 Å². The number of fused-ring (bicyclic) bond motifs is 11. The minimum Gasteiger partial charge on any atom is -0.456 e. The normalized spacial score (nSPS) is 17.1. The molecule has 0 amide bonds. The average Bonchev–Trinajstić information content (AvgIpc) is 1.05. The molecule has 82 heavy (non-hydrogen) atoms. The summed E-state index contributed by atoms with van der Waals surface area (Å²) in [6.07, 6.45) is 0. The van der Waals surface area contributed by atoms with Crippen molar-refractivity contribution < 1.29 is 52.7 Å². The Morgan fingerprint density at radius 1 is 0.244 bits per heavy atom. The van der Waals surface area contributed by atoms with Crippen LogP contribution in [0.5, 0.6) is 0 Å². The van der Waals surface area contributed by atoms with Gasteiger partial charge in [-0.1, -0.05) is 260 Å². The highest BCUT2D eigenvalue weighted by atomic mass is 16.3. The summed E-state index contributed by atoms with van der Waals surface area (Å²) >= 11 is 0. The van der Waals surface area contributed by atoms with Crippen molar-refractivity contribution in [3.05, 3.63) is 303 Å². The third kappa shape index (κ3) is 7.80. The molecule has 0 radical (unpaired) electrons. The zero-order chi connectivity index (χ0) is 81.9. The lowest BCUT2D eigenvalue weighted by molar-refractivity contribution is 0.669. The fourth-order valence-corrected chi connectivity index (χ4v) is 11.0. The first-order valence-corrected chi connectivity index (χ1v) is 25.5. The first-order chi connectivity index (χ1) is 54.0. The molecule has 2 heteroatoms. The summed E-state index contributed by atoms with van der Waals surface area (Å²) in [5, 5.41) is 0.764. The van der Waals surface area contributed by atoms with Crippen molar-refractivity contribution in [2.24, 2.45) is 0 Å². The van der Waals surface area contributed by atoms with Crippen molar-refractivity contribution in [3.8, 4) is 66.8 Å². The van der Waals surface area contributed by atoms with Crippen molar-refractivity contribution in [1.82, 2.24) is 0 Å². The van der Waals surface area contributed by atoms with Crippen LogP contribution in [0.25, 0.3) is 165 Å². The van der Waals surface area contributed by atoms with E-state index < -0.39 is 246 Å². The Morgan fingerprint density at radius 2 is 0.780 bits per heavy atom. The minimum absolute atomic E-state index is 0.175. The molecule has 0 unspecified atom stereocenters. The number of para-hydroxylation sites is 1. The van der Waals surface area contributed by atoms with Gasteiger partial charge in [0, 0.05) is 27.1 Å². The third-order valence-corrected chi connectivity index (χ3v) is 14.5. The molecule has 2 aromatic heterocycles. The molecule has 2 heterocycles. The van der Waals surface area contributed by atoms with Gasteiger partial charge in [0.15, 0.2) is 0 Å². The first-order valence-electron chi connectivity index (χ1n) is 41.5. The van der Waals surface area contributed by atoms with Gasteiger partial charge in [-0.15, -0.1) is 0 Å². The van der Waals surface area contributed by atoms with Crippen molar-refractivity contribution in [2.45, 2.75) is 0 Å². The minimum atomic E-state index is -0.935. The molecule has 0 aliphatic heterocycles. The van der Waals surface area contributed by atoms with Gasteiger partial charge in [-0.2, -0.15) is 0 Å². The summed E-state index contributed by atoms with van der Waals surface area (Å²) in [6.45, 7) is 0. The maximum atomic E-state index is 9.38. The van der Waals surface area contributed by atoms with Crippen LogP contribution in [-0.4, -0.2) is 0 Å². The monoisotopic (exact) mass is 1070 g/mol. The Hall–Kier alpha value is -10.8. The molecule has 0 fully saturated rings. The third-order valence-electron chi connectivity index (χ3n) is 14.5. The quantitative estimate of drug-likeness (QED) is 0.155. The second kappa shape index (κ2) is 19.5. The van der Waals surface area contributed by atoms with E-state index >= 15 is 0 Å². The summed E-state index contributed by atoms with van der Waals surface area (Å²) < 4.78 is 296. The van der Waals surface area contributed by atoms with Crippen molar-refractivity contribution in [2.75, 3.05) is 0 Å². The van der Waals surface area contributed by atoms with Crippen LogP contribution in [0.15, 0.2) is 311 Å². The van der Waals surface area contributed by atoms with Crippen LogP contribution in [-0.2, 0) is 0 Å². The van der Waals surface area contributed by atoms with Gasteiger partial charge in [-0.05, 0) is 157 Å². The molecule has 382 valence electrons. The molecule has 0 saturated carbocycles. The first kappa shape index (κ1) is 25.1. The number of benzene rings is 15. The van der Waals surface area contributed by atoms with E-state index in [1.54, 1.807) is 24.3 Å². The van der Waals surface area contributed by atoms with Gasteiger partial charge in [-0.3, -0.25) is 0 Å². The van der Waals surface area contributed by atoms with Gasteiger partial charge >= 0.3 is 0 Å². The van der Waals surface area contributed by atoms with Crippen molar-refractivity contribution in [1.29, 1.82) is 0 Å². The lowest BCUT2D eigenvalue weighted by atomic mass is 9.85. The SMILES string of the molecule is [2H]c1c([2H])c([2H])c(-c2c([2H])c([2H])c3c(oc4c([2H])c([2H])c([2H])c(-c5c6c([2H])c([2H])c([2H])c([2H])c6c(-c6c([2H])c([2H])c([2H])c([2H])c6[2H])c6c([2H])c([2H])c([2H])c([2H])c56)c43)c2[2H])c([2H])c1[2H].[2H]c1c([2H])c([2H])c2c(-c3cc(-c4ccc5ccccc5c4)c4oc5ccccc5c4c3)c3c([2H])c([2H])c([2H])c([2H])c3c(-c3ccccc3)c2c1[2H]. The lowest BCUT2D eigenvalue weighted by Crippen LogP contribution is -1.91. The topological polar surface area (TPSA) is 26.3 Å². The summed E-state index contributed by atoms with van der Waals surface area (Å²) in [5.74, 6) is 0. The molecule has 0 saturated heterocycles. The van der Waals surface area contributed by atoms with Crippen LogP contribution in [0.1, 0.15) is 43.9 Å². The van der Waals surface area contributed by atoms with Crippen LogP contribution in [0.3, 0.4) is 0 Å². The molecular weight excluding hydrogens is 993 g/mol. The van der Waals surface area contributed by atoms with Crippen LogP contribution in [0.2, 0.25) is 0 Å². The summed E-state index contributed by atoms with van der Waals surface area (Å²) in [7, 11) is 0. The largest absolute Gasteiger partial charge is 0.456 e. The molecule has 0 N–H and O–H groups in total. The predicted molar refractivity (Wildman–Crippen MR) is 348 cm³/mol. The second-order valence-electron chi connectivity index (χ2n) is 18.9. The average molecular weight is 1080 g/mol. The summed E-state index contributed by atoms with van der Waals surface area (Å²) in [5.41, 5.74) is -0.604. The van der Waals surface area contributed by atoms with E-state index in [1.165, 1.54) is 0 Å². The Kier molecular flexibility index (Phi) is 5.98. The Morgan fingerprint density at radius 3 is 1.43 bits per heavy atom. The summed E-state index contributed by atoms with van der Waals surface area (Å²) in [4.78, 5) is 0. The van der Waals surface area contributed by atoms with Crippen LogP contribution < -0.4 is 0 Å². The standard InChI is InChI=1S/C42H26O.C38H24O/c1-2-13-28(14-3-1)40-33-17-6-8-19-35(33)41(36-20-9-7-18-34(36)40)31-25-37(30-23-22-27-12-4-5-15-29(27)24-30)42-38(26-31)32-16-10-11-21-39(32)43-42;1-3-12-25(13-4-1)27-22-23-32-35(24-27)39-34-21-11-20-33(38(32)34)37-30-18-9-7-16-28(30)36(26-14-5-2-6-15-26)29-17-8-10-19-31(29)37/h1-26H;1-24H/i6D,7D,8D,9D,17D,18D,19D,20D;1D,2D,3D,4D,5D,6D,7D,8D,9D,10D,11D,12D,13D,14D,15D,16D,17D,18D,19D,20D,21D,22D,23D,24D. The van der Waals surface area contributed by atoms with Gasteiger partial charge in [0.05, 0.1) is 43.9 Å². The number of hydrogen-bond acceptors (Lipinski definition) is 2. The fraction of sp³-hybridized carbons (Fsp3) is 0.